The molecule has 1 fully saturated rings. The summed E-state index contributed by atoms with van der Waals surface area (Å²) < 4.78 is 13.7. The molecule has 1 aliphatic carbocycles. The molecule has 0 aliphatic heterocycles. The molecule has 1 aromatic heterocycles. The number of benzene rings is 1. The maximum absolute atomic E-state index is 13.7. The Morgan fingerprint density at radius 2 is 1.86 bits per heavy atom. The number of hydrogen-bond acceptors (Lipinski definition) is 5. The molecule has 1 saturated carbocycles. The quantitative estimate of drug-likeness (QED) is 0.775. The van der Waals surface area contributed by atoms with Gasteiger partial charge in [-0.05, 0) is 63.1 Å². The summed E-state index contributed by atoms with van der Waals surface area (Å²) in [5, 5.41) is 6.41. The summed E-state index contributed by atoms with van der Waals surface area (Å²) in [7, 11) is 3.93. The molecule has 3 rings (SSSR count). The van der Waals surface area contributed by atoms with Crippen LogP contribution in [0.15, 0.2) is 24.3 Å². The fourth-order valence-electron chi connectivity index (χ4n) is 3.61. The zero-order chi connectivity index (χ0) is 21.0. The van der Waals surface area contributed by atoms with Crippen LogP contribution in [0.4, 0.5) is 16.2 Å². The Morgan fingerprint density at radius 1 is 1.14 bits per heavy atom. The standard InChI is InChI=1S/C22H30FN5O/c1-14-5-8-17(12-19(14)23)21(29)26-18-9-6-16(7-10-18)13-24-22-25-15(2)11-20(27-22)28(3)4/h5,8,11-12,16,18H,6-7,9-10,13H2,1-4H3,(H,26,29)(H,24,25,27). The molecule has 0 spiro atoms. The fraction of sp³-hybridized carbons (Fsp3) is 0.500. The van der Waals surface area contributed by atoms with Gasteiger partial charge in [0.2, 0.25) is 5.95 Å². The van der Waals surface area contributed by atoms with Crippen molar-refractivity contribution in [2.75, 3.05) is 30.9 Å². The van der Waals surface area contributed by atoms with E-state index in [0.717, 1.165) is 43.7 Å². The molecule has 0 bridgehead atoms. The first-order valence-electron chi connectivity index (χ1n) is 10.2. The SMILES string of the molecule is Cc1cc(N(C)C)nc(NCC2CCC(NC(=O)c3ccc(C)c(F)c3)CC2)n1. The van der Waals surface area contributed by atoms with Gasteiger partial charge in [-0.3, -0.25) is 4.79 Å². The van der Waals surface area contributed by atoms with Gasteiger partial charge in [0.1, 0.15) is 11.6 Å². The van der Waals surface area contributed by atoms with Crippen molar-refractivity contribution in [1.82, 2.24) is 15.3 Å². The number of halogens is 1. The van der Waals surface area contributed by atoms with Gasteiger partial charge in [0.15, 0.2) is 0 Å². The number of nitrogens with one attached hydrogen (secondary N) is 2. The Balaban J connectivity index is 1.47. The summed E-state index contributed by atoms with van der Waals surface area (Å²) in [6, 6.07) is 6.72. The van der Waals surface area contributed by atoms with Crippen LogP contribution in [-0.2, 0) is 0 Å². The number of carbonyl (C=O) groups is 1. The summed E-state index contributed by atoms with van der Waals surface area (Å²) in [6.45, 7) is 4.48. The van der Waals surface area contributed by atoms with E-state index in [4.69, 9.17) is 0 Å². The summed E-state index contributed by atoms with van der Waals surface area (Å²) in [4.78, 5) is 23.3. The van der Waals surface area contributed by atoms with E-state index in [2.05, 4.69) is 20.6 Å². The number of hydrogen-bond donors (Lipinski definition) is 2. The van der Waals surface area contributed by atoms with Gasteiger partial charge >= 0.3 is 0 Å². The number of rotatable bonds is 6. The lowest BCUT2D eigenvalue weighted by molar-refractivity contribution is 0.0922. The average Bonchev–Trinajstić information content (AvgIpc) is 2.69. The van der Waals surface area contributed by atoms with E-state index in [1.54, 1.807) is 19.1 Å². The van der Waals surface area contributed by atoms with Gasteiger partial charge < -0.3 is 15.5 Å². The third-order valence-electron chi connectivity index (χ3n) is 5.46. The number of nitrogens with zero attached hydrogens (tertiary/aromatic N) is 3. The molecule has 1 heterocycles. The second-order valence-corrected chi connectivity index (χ2v) is 8.12. The van der Waals surface area contributed by atoms with Crippen LogP contribution in [0.2, 0.25) is 0 Å². The second kappa shape index (κ2) is 9.20. The lowest BCUT2D eigenvalue weighted by Gasteiger charge is -2.29. The minimum absolute atomic E-state index is 0.138. The molecule has 0 radical (unpaired) electrons. The van der Waals surface area contributed by atoms with Crippen LogP contribution in [0.5, 0.6) is 0 Å². The van der Waals surface area contributed by atoms with E-state index in [9.17, 15) is 9.18 Å². The molecule has 0 unspecified atom stereocenters. The number of carbonyl (C=O) groups excluding carboxylic acids is 1. The van der Waals surface area contributed by atoms with Crippen molar-refractivity contribution in [3.05, 3.63) is 46.9 Å². The van der Waals surface area contributed by atoms with Crippen LogP contribution in [-0.4, -0.2) is 42.6 Å². The lowest BCUT2D eigenvalue weighted by atomic mass is 9.86. The summed E-state index contributed by atoms with van der Waals surface area (Å²) in [6.07, 6.45) is 3.88. The van der Waals surface area contributed by atoms with Gasteiger partial charge in [-0.2, -0.15) is 4.98 Å². The number of aryl methyl sites for hydroxylation is 2. The Morgan fingerprint density at radius 3 is 2.52 bits per heavy atom. The average molecular weight is 400 g/mol. The third kappa shape index (κ3) is 5.65. The van der Waals surface area contributed by atoms with E-state index >= 15 is 0 Å². The van der Waals surface area contributed by atoms with Gasteiger partial charge in [-0.15, -0.1) is 0 Å². The van der Waals surface area contributed by atoms with Crippen molar-refractivity contribution in [3.63, 3.8) is 0 Å². The Hall–Kier alpha value is -2.70. The third-order valence-corrected chi connectivity index (χ3v) is 5.46. The van der Waals surface area contributed by atoms with Crippen LogP contribution in [0.3, 0.4) is 0 Å². The first kappa shape index (κ1) is 21.0. The molecule has 1 aliphatic rings. The molecule has 0 atom stereocenters. The highest BCUT2D eigenvalue weighted by Crippen LogP contribution is 2.25. The fourth-order valence-corrected chi connectivity index (χ4v) is 3.61. The predicted molar refractivity (Wildman–Crippen MR) is 114 cm³/mol. The molecule has 1 aromatic carbocycles. The highest BCUT2D eigenvalue weighted by atomic mass is 19.1. The van der Waals surface area contributed by atoms with Crippen LogP contribution in [0.25, 0.3) is 0 Å². The molecule has 7 heteroatoms. The number of amides is 1. The van der Waals surface area contributed by atoms with Crippen molar-refractivity contribution in [2.45, 2.75) is 45.6 Å². The maximum atomic E-state index is 13.7. The molecule has 2 aromatic rings. The normalized spacial score (nSPS) is 18.9. The molecule has 2 N–H and O–H groups in total. The van der Waals surface area contributed by atoms with E-state index in [-0.39, 0.29) is 17.8 Å². The van der Waals surface area contributed by atoms with E-state index in [1.807, 2.05) is 32.0 Å². The molecule has 29 heavy (non-hydrogen) atoms. The monoisotopic (exact) mass is 399 g/mol. The zero-order valence-corrected chi connectivity index (χ0v) is 17.6. The van der Waals surface area contributed by atoms with Crippen molar-refractivity contribution in [1.29, 1.82) is 0 Å². The van der Waals surface area contributed by atoms with E-state index < -0.39 is 0 Å². The van der Waals surface area contributed by atoms with E-state index in [0.29, 0.717) is 23.0 Å². The first-order valence-corrected chi connectivity index (χ1v) is 10.2. The van der Waals surface area contributed by atoms with Crippen LogP contribution < -0.4 is 15.5 Å². The lowest BCUT2D eigenvalue weighted by Crippen LogP contribution is -2.38. The molecule has 0 saturated heterocycles. The van der Waals surface area contributed by atoms with Crippen molar-refractivity contribution in [2.24, 2.45) is 5.92 Å². The zero-order valence-electron chi connectivity index (χ0n) is 17.6. The minimum atomic E-state index is -0.344. The number of aromatic nitrogens is 2. The largest absolute Gasteiger partial charge is 0.363 e. The van der Waals surface area contributed by atoms with Gasteiger partial charge in [0.25, 0.3) is 5.91 Å². The Bertz CT molecular complexity index is 862. The predicted octanol–water partition coefficient (Wildman–Crippen LogP) is 3.70. The van der Waals surface area contributed by atoms with Crippen LogP contribution >= 0.6 is 0 Å². The summed E-state index contributed by atoms with van der Waals surface area (Å²) >= 11 is 0. The molecular formula is C22H30FN5O. The van der Waals surface area contributed by atoms with Gasteiger partial charge in [0.05, 0.1) is 0 Å². The Labute approximate surface area is 171 Å². The summed E-state index contributed by atoms with van der Waals surface area (Å²) in [5.74, 6) is 1.52. The maximum Gasteiger partial charge on any atom is 0.251 e. The Kier molecular flexibility index (Phi) is 6.67. The van der Waals surface area contributed by atoms with Gasteiger partial charge in [0, 0.05) is 44.0 Å². The first-order chi connectivity index (χ1) is 13.8. The minimum Gasteiger partial charge on any atom is -0.363 e. The van der Waals surface area contributed by atoms with E-state index in [1.165, 1.54) is 6.07 Å². The highest BCUT2D eigenvalue weighted by Gasteiger charge is 2.23. The highest BCUT2D eigenvalue weighted by molar-refractivity contribution is 5.94. The molecular weight excluding hydrogens is 369 g/mol. The molecule has 156 valence electrons. The van der Waals surface area contributed by atoms with Crippen molar-refractivity contribution >= 4 is 17.7 Å². The van der Waals surface area contributed by atoms with Crippen LogP contribution in [0.1, 0.15) is 47.3 Å². The second-order valence-electron chi connectivity index (χ2n) is 8.12. The van der Waals surface area contributed by atoms with Crippen molar-refractivity contribution in [3.8, 4) is 0 Å². The molecule has 1 amide bonds. The molecule has 6 nitrogen and oxygen atoms in total. The van der Waals surface area contributed by atoms with Gasteiger partial charge in [-0.25, -0.2) is 9.37 Å². The van der Waals surface area contributed by atoms with Crippen LogP contribution in [0, 0.1) is 25.6 Å². The topological polar surface area (TPSA) is 70.2 Å². The van der Waals surface area contributed by atoms with Gasteiger partial charge in [-0.1, -0.05) is 6.07 Å². The smallest absolute Gasteiger partial charge is 0.251 e. The van der Waals surface area contributed by atoms with Crippen molar-refractivity contribution < 1.29 is 9.18 Å². The number of anilines is 2. The summed E-state index contributed by atoms with van der Waals surface area (Å²) in [5.41, 5.74) is 1.86.